The molecule has 1 N–H and O–H groups in total. The number of amides is 1. The van der Waals surface area contributed by atoms with Gasteiger partial charge in [-0.3, -0.25) is 9.89 Å². The van der Waals surface area contributed by atoms with Gasteiger partial charge in [0.05, 0.1) is 30.2 Å². The molecule has 2 atom stereocenters. The predicted molar refractivity (Wildman–Crippen MR) is 83.3 cm³/mol. The second-order valence-electron chi connectivity index (χ2n) is 5.80. The number of fused-ring (bicyclic) bond motifs is 1. The molecule has 23 heavy (non-hydrogen) atoms. The summed E-state index contributed by atoms with van der Waals surface area (Å²) in [5, 5.41) is 6.79. The van der Waals surface area contributed by atoms with Gasteiger partial charge in [0.2, 0.25) is 0 Å². The first-order valence-corrected chi connectivity index (χ1v) is 8.46. The van der Waals surface area contributed by atoms with Crippen LogP contribution >= 0.6 is 11.3 Å². The van der Waals surface area contributed by atoms with Gasteiger partial charge in [-0.2, -0.15) is 5.10 Å². The molecule has 0 bridgehead atoms. The highest BCUT2D eigenvalue weighted by Crippen LogP contribution is 2.35. The van der Waals surface area contributed by atoms with Crippen LogP contribution in [0.3, 0.4) is 0 Å². The Morgan fingerprint density at radius 3 is 3.22 bits per heavy atom. The molecule has 7 nitrogen and oxygen atoms in total. The number of thiophene rings is 1. The molecule has 0 radical (unpaired) electrons. The first-order chi connectivity index (χ1) is 11.3. The SMILES string of the molecule is CO[C@@H]1C[C@@H](c2ncn[nH]2)N(C(=O)c2cc3c(s2)CCOC3)C1. The monoisotopic (exact) mass is 334 g/mol. The molecule has 122 valence electrons. The van der Waals surface area contributed by atoms with Crippen molar-refractivity contribution in [2.24, 2.45) is 0 Å². The maximum atomic E-state index is 13.0. The first-order valence-electron chi connectivity index (χ1n) is 7.64. The van der Waals surface area contributed by atoms with Crippen molar-refractivity contribution in [3.63, 3.8) is 0 Å². The van der Waals surface area contributed by atoms with Gasteiger partial charge in [0.25, 0.3) is 5.91 Å². The van der Waals surface area contributed by atoms with E-state index in [0.717, 1.165) is 29.9 Å². The first kappa shape index (κ1) is 14.8. The summed E-state index contributed by atoms with van der Waals surface area (Å²) in [5.74, 6) is 0.743. The topological polar surface area (TPSA) is 80.3 Å². The third-order valence-corrected chi connectivity index (χ3v) is 5.67. The molecule has 2 aromatic rings. The number of carbonyl (C=O) groups excluding carboxylic acids is 1. The van der Waals surface area contributed by atoms with Gasteiger partial charge in [-0.25, -0.2) is 4.98 Å². The van der Waals surface area contributed by atoms with Crippen LogP contribution in [0, 0.1) is 0 Å². The molecule has 2 aliphatic heterocycles. The van der Waals surface area contributed by atoms with Crippen LogP contribution in [0.5, 0.6) is 0 Å². The van der Waals surface area contributed by atoms with Crippen molar-refractivity contribution in [3.8, 4) is 0 Å². The molecule has 0 spiro atoms. The Bertz CT molecular complexity index is 676. The number of methoxy groups -OCH3 is 1. The average Bonchev–Trinajstić information content (AvgIpc) is 3.30. The maximum Gasteiger partial charge on any atom is 0.264 e. The molecule has 0 aliphatic carbocycles. The number of H-pyrrole nitrogens is 1. The summed E-state index contributed by atoms with van der Waals surface area (Å²) in [6, 6.07) is 1.85. The van der Waals surface area contributed by atoms with E-state index in [1.807, 2.05) is 11.0 Å². The van der Waals surface area contributed by atoms with Crippen LogP contribution in [0.25, 0.3) is 0 Å². The van der Waals surface area contributed by atoms with E-state index in [9.17, 15) is 4.79 Å². The number of hydrogen-bond acceptors (Lipinski definition) is 6. The van der Waals surface area contributed by atoms with Gasteiger partial charge in [-0.1, -0.05) is 0 Å². The molecule has 1 amide bonds. The van der Waals surface area contributed by atoms with Crippen LogP contribution < -0.4 is 0 Å². The number of rotatable bonds is 3. The number of hydrogen-bond donors (Lipinski definition) is 1. The Kier molecular flexibility index (Phi) is 3.88. The Hall–Kier alpha value is -1.77. The minimum atomic E-state index is -0.120. The van der Waals surface area contributed by atoms with E-state index in [-0.39, 0.29) is 18.1 Å². The standard InChI is InChI=1S/C15H18N4O3S/c1-21-10-5-11(14-16-8-17-18-14)19(6-10)15(20)13-4-9-7-22-3-2-12(9)23-13/h4,8,10-11H,2-3,5-7H2,1H3,(H,16,17,18)/t10-,11+/m1/s1. The zero-order valence-electron chi connectivity index (χ0n) is 12.8. The normalized spacial score (nSPS) is 24.0. The van der Waals surface area contributed by atoms with Crippen molar-refractivity contribution < 1.29 is 14.3 Å². The van der Waals surface area contributed by atoms with Gasteiger partial charge in [0.1, 0.15) is 12.2 Å². The highest BCUT2D eigenvalue weighted by molar-refractivity contribution is 7.14. The molecule has 4 heterocycles. The van der Waals surface area contributed by atoms with Crippen LogP contribution in [-0.2, 0) is 22.5 Å². The van der Waals surface area contributed by atoms with Crippen LogP contribution in [-0.4, -0.2) is 52.4 Å². The number of carbonyl (C=O) groups is 1. The molecule has 4 rings (SSSR count). The lowest BCUT2D eigenvalue weighted by atomic mass is 10.1. The molecule has 0 saturated carbocycles. The van der Waals surface area contributed by atoms with Crippen LogP contribution in [0.2, 0.25) is 0 Å². The maximum absolute atomic E-state index is 13.0. The van der Waals surface area contributed by atoms with Gasteiger partial charge in [0.15, 0.2) is 0 Å². The summed E-state index contributed by atoms with van der Waals surface area (Å²) in [4.78, 5) is 21.1. The van der Waals surface area contributed by atoms with Gasteiger partial charge in [-0.15, -0.1) is 11.3 Å². The quantitative estimate of drug-likeness (QED) is 0.921. The number of nitrogens with zero attached hydrogens (tertiary/aromatic N) is 3. The van der Waals surface area contributed by atoms with E-state index in [2.05, 4.69) is 15.2 Å². The number of nitrogens with one attached hydrogen (secondary N) is 1. The van der Waals surface area contributed by atoms with Gasteiger partial charge >= 0.3 is 0 Å². The smallest absolute Gasteiger partial charge is 0.264 e. The Morgan fingerprint density at radius 1 is 1.57 bits per heavy atom. The van der Waals surface area contributed by atoms with Crippen molar-refractivity contribution in [3.05, 3.63) is 33.5 Å². The predicted octanol–water partition coefficient (Wildman–Crippen LogP) is 1.54. The Balaban J connectivity index is 1.61. The van der Waals surface area contributed by atoms with Crippen molar-refractivity contribution in [1.82, 2.24) is 20.1 Å². The van der Waals surface area contributed by atoms with Crippen molar-refractivity contribution >= 4 is 17.2 Å². The number of aromatic nitrogens is 3. The van der Waals surface area contributed by atoms with E-state index < -0.39 is 0 Å². The van der Waals surface area contributed by atoms with Gasteiger partial charge < -0.3 is 14.4 Å². The minimum absolute atomic E-state index is 0.0203. The molecule has 2 aromatic heterocycles. The molecule has 8 heteroatoms. The molecule has 0 unspecified atom stereocenters. The zero-order chi connectivity index (χ0) is 15.8. The fraction of sp³-hybridized carbons (Fsp3) is 0.533. The molecular formula is C15H18N4O3S. The highest BCUT2D eigenvalue weighted by Gasteiger charge is 2.39. The number of ether oxygens (including phenoxy) is 2. The van der Waals surface area contributed by atoms with Gasteiger partial charge in [0, 0.05) is 31.4 Å². The summed E-state index contributed by atoms with van der Waals surface area (Å²) in [5.41, 5.74) is 1.14. The zero-order valence-corrected chi connectivity index (χ0v) is 13.6. The lowest BCUT2D eigenvalue weighted by molar-refractivity contribution is 0.0688. The van der Waals surface area contributed by atoms with Crippen LogP contribution in [0.4, 0.5) is 0 Å². The van der Waals surface area contributed by atoms with E-state index in [1.165, 1.54) is 11.2 Å². The molecule has 1 fully saturated rings. The summed E-state index contributed by atoms with van der Waals surface area (Å²) < 4.78 is 10.9. The van der Waals surface area contributed by atoms with Crippen molar-refractivity contribution in [2.75, 3.05) is 20.3 Å². The summed E-state index contributed by atoms with van der Waals surface area (Å²) in [6.45, 7) is 1.91. The fourth-order valence-corrected chi connectivity index (χ4v) is 4.33. The summed E-state index contributed by atoms with van der Waals surface area (Å²) in [6.07, 6.45) is 3.11. The van der Waals surface area contributed by atoms with Crippen molar-refractivity contribution in [1.29, 1.82) is 0 Å². The number of likely N-dealkylation sites (tertiary alicyclic amines) is 1. The van der Waals surface area contributed by atoms with Gasteiger partial charge in [-0.05, 0) is 11.6 Å². The van der Waals surface area contributed by atoms with E-state index in [1.54, 1.807) is 18.4 Å². The Morgan fingerprint density at radius 2 is 2.48 bits per heavy atom. The third-order valence-electron chi connectivity index (χ3n) is 4.44. The molecule has 1 saturated heterocycles. The molecule has 2 aliphatic rings. The summed E-state index contributed by atoms with van der Waals surface area (Å²) in [7, 11) is 1.68. The second kappa shape index (κ2) is 6.03. The number of aromatic amines is 1. The van der Waals surface area contributed by atoms with E-state index in [4.69, 9.17) is 9.47 Å². The minimum Gasteiger partial charge on any atom is -0.380 e. The summed E-state index contributed by atoms with van der Waals surface area (Å²) >= 11 is 1.58. The van der Waals surface area contributed by atoms with E-state index in [0.29, 0.717) is 19.0 Å². The van der Waals surface area contributed by atoms with E-state index >= 15 is 0 Å². The Labute approximate surface area is 137 Å². The lowest BCUT2D eigenvalue weighted by Crippen LogP contribution is -2.32. The molecular weight excluding hydrogens is 316 g/mol. The fourth-order valence-electron chi connectivity index (χ4n) is 3.22. The second-order valence-corrected chi connectivity index (χ2v) is 6.94. The van der Waals surface area contributed by atoms with Crippen LogP contribution in [0.15, 0.2) is 12.4 Å². The van der Waals surface area contributed by atoms with Crippen LogP contribution in [0.1, 0.15) is 38.4 Å². The molecule has 0 aromatic carbocycles. The third kappa shape index (κ3) is 2.66. The average molecular weight is 334 g/mol. The lowest BCUT2D eigenvalue weighted by Gasteiger charge is -2.21. The largest absolute Gasteiger partial charge is 0.380 e. The highest BCUT2D eigenvalue weighted by atomic mass is 32.1. The van der Waals surface area contributed by atoms with Crippen molar-refractivity contribution in [2.45, 2.75) is 31.6 Å².